The Bertz CT molecular complexity index is 515. The van der Waals surface area contributed by atoms with E-state index in [0.717, 1.165) is 23.4 Å². The van der Waals surface area contributed by atoms with Crippen LogP contribution in [0.4, 0.5) is 4.79 Å². The maximum atomic E-state index is 12.0. The molecule has 0 unspecified atom stereocenters. The molecule has 0 saturated carbocycles. The summed E-state index contributed by atoms with van der Waals surface area (Å²) in [5.41, 5.74) is 1.57. The monoisotopic (exact) mass is 275 g/mol. The van der Waals surface area contributed by atoms with E-state index in [-0.39, 0.29) is 6.09 Å². The van der Waals surface area contributed by atoms with Crippen LogP contribution in [0.3, 0.4) is 0 Å². The summed E-state index contributed by atoms with van der Waals surface area (Å²) < 4.78 is 5.36. The highest BCUT2D eigenvalue weighted by Crippen LogP contribution is 2.21. The zero-order valence-electron chi connectivity index (χ0n) is 12.5. The molecule has 1 amide bonds. The van der Waals surface area contributed by atoms with Gasteiger partial charge >= 0.3 is 6.09 Å². The normalized spacial score (nSPS) is 15.2. The van der Waals surface area contributed by atoms with Crippen LogP contribution in [0, 0.1) is 0 Å². The van der Waals surface area contributed by atoms with Crippen LogP contribution in [0.2, 0.25) is 0 Å². The first-order chi connectivity index (χ1) is 9.39. The summed E-state index contributed by atoms with van der Waals surface area (Å²) in [5, 5.41) is 0. The minimum atomic E-state index is -0.467. The summed E-state index contributed by atoms with van der Waals surface area (Å²) in [6, 6.07) is 0. The first kappa shape index (κ1) is 14.5. The molecule has 1 aliphatic rings. The van der Waals surface area contributed by atoms with Crippen molar-refractivity contribution in [3.63, 3.8) is 0 Å². The van der Waals surface area contributed by atoms with Gasteiger partial charge in [0.05, 0.1) is 0 Å². The number of aryl methyl sites for hydroxylation is 1. The molecule has 0 spiro atoms. The zero-order valence-corrected chi connectivity index (χ0v) is 12.5. The Kier molecular flexibility index (Phi) is 4.06. The van der Waals surface area contributed by atoms with Gasteiger partial charge in [-0.25, -0.2) is 14.8 Å². The van der Waals surface area contributed by atoms with Gasteiger partial charge < -0.3 is 9.64 Å². The Morgan fingerprint density at radius 1 is 1.35 bits per heavy atom. The lowest BCUT2D eigenvalue weighted by Gasteiger charge is -2.24. The number of ether oxygens (including phenoxy) is 1. The highest BCUT2D eigenvalue weighted by molar-refractivity contribution is 5.77. The molecule has 0 saturated heterocycles. The van der Waals surface area contributed by atoms with Crippen LogP contribution in [-0.4, -0.2) is 39.7 Å². The molecule has 0 atom stereocenters. The van der Waals surface area contributed by atoms with Gasteiger partial charge in [0.2, 0.25) is 0 Å². The average molecular weight is 275 g/mol. The molecule has 0 N–H and O–H groups in total. The standard InChI is InChI=1S/C15H21N3O2/c1-5-13-16-8-12(9-17-13)11-6-7-18(10-11)14(19)20-15(2,3)4/h6,8-9H,5,7,10H2,1-4H3. The third-order valence-corrected chi connectivity index (χ3v) is 2.96. The summed E-state index contributed by atoms with van der Waals surface area (Å²) in [4.78, 5) is 22.2. The SMILES string of the molecule is CCc1ncc(C2=CCN(C(=O)OC(C)(C)C)C2)cn1. The zero-order chi connectivity index (χ0) is 14.8. The third kappa shape index (κ3) is 3.56. The van der Waals surface area contributed by atoms with Crippen molar-refractivity contribution in [3.05, 3.63) is 29.9 Å². The van der Waals surface area contributed by atoms with E-state index in [2.05, 4.69) is 9.97 Å². The topological polar surface area (TPSA) is 55.3 Å². The second-order valence-electron chi connectivity index (χ2n) is 5.83. The predicted molar refractivity (Wildman–Crippen MR) is 77.2 cm³/mol. The predicted octanol–water partition coefficient (Wildman–Crippen LogP) is 2.67. The number of amides is 1. The Hall–Kier alpha value is -1.91. The number of rotatable bonds is 2. The van der Waals surface area contributed by atoms with Gasteiger partial charge in [0, 0.05) is 37.5 Å². The Labute approximate surface area is 119 Å². The van der Waals surface area contributed by atoms with Crippen molar-refractivity contribution in [1.82, 2.24) is 14.9 Å². The molecule has 2 heterocycles. The van der Waals surface area contributed by atoms with Crippen molar-refractivity contribution in [2.45, 2.75) is 39.7 Å². The fraction of sp³-hybridized carbons (Fsp3) is 0.533. The highest BCUT2D eigenvalue weighted by atomic mass is 16.6. The molecule has 108 valence electrons. The summed E-state index contributed by atoms with van der Waals surface area (Å²) in [6.45, 7) is 8.74. The molecule has 1 aromatic rings. The Balaban J connectivity index is 1.99. The minimum Gasteiger partial charge on any atom is -0.444 e. The lowest BCUT2D eigenvalue weighted by Crippen LogP contribution is -2.35. The van der Waals surface area contributed by atoms with Gasteiger partial charge in [-0.15, -0.1) is 0 Å². The van der Waals surface area contributed by atoms with Crippen LogP contribution in [0.15, 0.2) is 18.5 Å². The molecule has 0 fully saturated rings. The maximum Gasteiger partial charge on any atom is 0.410 e. The number of hydrogen-bond acceptors (Lipinski definition) is 4. The summed E-state index contributed by atoms with van der Waals surface area (Å²) in [6.07, 6.45) is 6.19. The fourth-order valence-corrected chi connectivity index (χ4v) is 1.93. The summed E-state index contributed by atoms with van der Waals surface area (Å²) in [7, 11) is 0. The molecule has 5 heteroatoms. The minimum absolute atomic E-state index is 0.283. The number of carbonyl (C=O) groups excluding carboxylic acids is 1. The van der Waals surface area contributed by atoms with Gasteiger partial charge in [-0.2, -0.15) is 0 Å². The Morgan fingerprint density at radius 3 is 2.55 bits per heavy atom. The molecule has 1 aromatic heterocycles. The van der Waals surface area contributed by atoms with Gasteiger partial charge in [0.25, 0.3) is 0 Å². The van der Waals surface area contributed by atoms with Crippen LogP contribution in [0.5, 0.6) is 0 Å². The van der Waals surface area contributed by atoms with Crippen LogP contribution in [0.1, 0.15) is 39.1 Å². The number of hydrogen-bond donors (Lipinski definition) is 0. The quantitative estimate of drug-likeness (QED) is 0.832. The number of aromatic nitrogens is 2. The highest BCUT2D eigenvalue weighted by Gasteiger charge is 2.25. The van der Waals surface area contributed by atoms with Gasteiger partial charge in [-0.1, -0.05) is 13.0 Å². The fourth-order valence-electron chi connectivity index (χ4n) is 1.93. The van der Waals surface area contributed by atoms with Crippen LogP contribution in [-0.2, 0) is 11.2 Å². The molecule has 1 aliphatic heterocycles. The van der Waals surface area contributed by atoms with E-state index in [9.17, 15) is 4.79 Å². The first-order valence-corrected chi connectivity index (χ1v) is 6.87. The van der Waals surface area contributed by atoms with Crippen molar-refractivity contribution in [3.8, 4) is 0 Å². The molecule has 5 nitrogen and oxygen atoms in total. The molecule has 2 rings (SSSR count). The summed E-state index contributed by atoms with van der Waals surface area (Å²) in [5.74, 6) is 0.830. The van der Waals surface area contributed by atoms with Crippen LogP contribution < -0.4 is 0 Å². The first-order valence-electron chi connectivity index (χ1n) is 6.87. The van der Waals surface area contributed by atoms with E-state index >= 15 is 0 Å². The van der Waals surface area contributed by atoms with E-state index in [4.69, 9.17) is 4.74 Å². The van der Waals surface area contributed by atoms with Crippen molar-refractivity contribution in [1.29, 1.82) is 0 Å². The molecule has 20 heavy (non-hydrogen) atoms. The number of nitrogens with zero attached hydrogens (tertiary/aromatic N) is 3. The van der Waals surface area contributed by atoms with Crippen molar-refractivity contribution >= 4 is 11.7 Å². The molecule has 0 bridgehead atoms. The number of carbonyl (C=O) groups is 1. The molecular weight excluding hydrogens is 254 g/mol. The van der Waals surface area contributed by atoms with Gasteiger partial charge in [0.15, 0.2) is 0 Å². The van der Waals surface area contributed by atoms with Gasteiger partial charge in [-0.3, -0.25) is 0 Å². The van der Waals surface area contributed by atoms with Gasteiger partial charge in [-0.05, 0) is 26.3 Å². The second-order valence-corrected chi connectivity index (χ2v) is 5.83. The van der Waals surface area contributed by atoms with Crippen molar-refractivity contribution in [2.75, 3.05) is 13.1 Å². The van der Waals surface area contributed by atoms with E-state index in [0.29, 0.717) is 13.1 Å². The van der Waals surface area contributed by atoms with Crippen molar-refractivity contribution < 1.29 is 9.53 Å². The maximum absolute atomic E-state index is 12.0. The van der Waals surface area contributed by atoms with Crippen LogP contribution in [0.25, 0.3) is 5.57 Å². The lowest BCUT2D eigenvalue weighted by atomic mass is 10.1. The second kappa shape index (κ2) is 5.61. The van der Waals surface area contributed by atoms with E-state index in [1.807, 2.05) is 46.2 Å². The Morgan fingerprint density at radius 2 is 2.00 bits per heavy atom. The van der Waals surface area contributed by atoms with E-state index in [1.54, 1.807) is 4.90 Å². The third-order valence-electron chi connectivity index (χ3n) is 2.96. The average Bonchev–Trinajstić information content (AvgIpc) is 2.86. The molecule has 0 radical (unpaired) electrons. The van der Waals surface area contributed by atoms with E-state index in [1.165, 1.54) is 0 Å². The molecule has 0 aliphatic carbocycles. The lowest BCUT2D eigenvalue weighted by molar-refractivity contribution is 0.0306. The van der Waals surface area contributed by atoms with Crippen molar-refractivity contribution in [2.24, 2.45) is 0 Å². The summed E-state index contributed by atoms with van der Waals surface area (Å²) >= 11 is 0. The smallest absolute Gasteiger partial charge is 0.410 e. The molecular formula is C15H21N3O2. The largest absolute Gasteiger partial charge is 0.444 e. The molecule has 0 aromatic carbocycles. The van der Waals surface area contributed by atoms with Crippen LogP contribution >= 0.6 is 0 Å². The van der Waals surface area contributed by atoms with Gasteiger partial charge in [0.1, 0.15) is 11.4 Å². The van der Waals surface area contributed by atoms with E-state index < -0.39 is 5.60 Å².